The van der Waals surface area contributed by atoms with Gasteiger partial charge in [0.1, 0.15) is 0 Å². The molecule has 0 bridgehead atoms. The van der Waals surface area contributed by atoms with Crippen LogP contribution in [-0.4, -0.2) is 53.3 Å². The van der Waals surface area contributed by atoms with Gasteiger partial charge in [-0.3, -0.25) is 18.7 Å². The summed E-state index contributed by atoms with van der Waals surface area (Å²) >= 11 is 3.21. The zero-order valence-corrected chi connectivity index (χ0v) is 25.7. The van der Waals surface area contributed by atoms with E-state index >= 15 is 0 Å². The second-order valence-corrected chi connectivity index (χ2v) is 15.2. The topological polar surface area (TPSA) is 125 Å². The maximum absolute atomic E-state index is 12.6. The van der Waals surface area contributed by atoms with Crippen LogP contribution in [-0.2, 0) is 25.9 Å². The van der Waals surface area contributed by atoms with E-state index in [9.17, 15) is 30.0 Å². The molecular formula is C30H44N2O6S2. The predicted molar refractivity (Wildman–Crippen MR) is 161 cm³/mol. The number of rotatable bonds is 13. The van der Waals surface area contributed by atoms with E-state index in [0.717, 1.165) is 45.3 Å². The normalized spacial score (nSPS) is 16.6. The van der Waals surface area contributed by atoms with Gasteiger partial charge in [-0.2, -0.15) is 0 Å². The Morgan fingerprint density at radius 2 is 1.10 bits per heavy atom. The summed E-state index contributed by atoms with van der Waals surface area (Å²) in [5, 5.41) is 42.6. The molecule has 2 aromatic heterocycles. The zero-order chi connectivity index (χ0) is 29.2. The van der Waals surface area contributed by atoms with Crippen molar-refractivity contribution in [2.45, 2.75) is 114 Å². The Kier molecular flexibility index (Phi) is 9.75. The van der Waals surface area contributed by atoms with Crippen LogP contribution in [0.1, 0.15) is 77.3 Å². The second-order valence-electron chi connectivity index (χ2n) is 13.0. The first kappa shape index (κ1) is 31.1. The van der Waals surface area contributed by atoms with Gasteiger partial charge in [0.15, 0.2) is 11.8 Å². The third-order valence-electron chi connectivity index (χ3n) is 8.22. The van der Waals surface area contributed by atoms with E-state index in [4.69, 9.17) is 0 Å². The first-order chi connectivity index (χ1) is 18.8. The minimum atomic E-state index is -0.566. The molecule has 2 unspecified atom stereocenters. The number of hydrogen-bond acceptors (Lipinski definition) is 8. The van der Waals surface area contributed by atoms with Gasteiger partial charge in [-0.25, -0.2) is 0 Å². The smallest absolute Gasteiger partial charge is 0.254 e. The largest absolute Gasteiger partial charge is 0.494 e. The molecule has 2 atom stereocenters. The lowest BCUT2D eigenvalue weighted by atomic mass is 9.84. The van der Waals surface area contributed by atoms with Gasteiger partial charge in [0.05, 0.1) is 12.2 Å². The molecule has 222 valence electrons. The van der Waals surface area contributed by atoms with E-state index in [0.29, 0.717) is 51.6 Å². The number of aromatic hydroxyl groups is 2. The molecule has 2 aromatic rings. The van der Waals surface area contributed by atoms with Crippen molar-refractivity contribution in [3.05, 3.63) is 44.0 Å². The van der Waals surface area contributed by atoms with Crippen molar-refractivity contribution in [1.29, 1.82) is 0 Å². The molecule has 40 heavy (non-hydrogen) atoms. The fraction of sp³-hybridized carbons (Fsp3) is 0.667. The number of hydrogen-bond donors (Lipinski definition) is 4. The molecule has 8 nitrogen and oxygen atoms in total. The highest BCUT2D eigenvalue weighted by molar-refractivity contribution is 7.99. The molecule has 2 aliphatic rings. The summed E-state index contributed by atoms with van der Waals surface area (Å²) in [5.41, 5.74) is 0.720. The SMILES string of the molecule is CC(C)(CCC(O)CCC(O)CCC(C)(C)Cn1c(O)c2c(cc1=O)SCC2)Cn1c(O)c2c(cc1=O)SCC2. The molecule has 0 saturated carbocycles. The standard InChI is InChI=1S/C30H44N2O6S2/c1-29(2,17-31-25(35)15-23-21(27(31)37)9-13-39-23)11-7-19(33)5-6-20(34)8-12-30(3,4)18-32-26(36)16-24-22(28(32)38)10-14-40-24/h15-16,19-20,33-34,37-38H,5-14,17-18H2,1-4H3. The van der Waals surface area contributed by atoms with Crippen LogP contribution in [0.5, 0.6) is 11.8 Å². The van der Waals surface area contributed by atoms with Gasteiger partial charge >= 0.3 is 0 Å². The van der Waals surface area contributed by atoms with Crippen molar-refractivity contribution < 1.29 is 20.4 Å². The minimum Gasteiger partial charge on any atom is -0.494 e. The summed E-state index contributed by atoms with van der Waals surface area (Å²) in [7, 11) is 0. The van der Waals surface area contributed by atoms with E-state index in [1.54, 1.807) is 35.7 Å². The fourth-order valence-electron chi connectivity index (χ4n) is 5.67. The van der Waals surface area contributed by atoms with Crippen LogP contribution in [0.15, 0.2) is 31.5 Å². The molecule has 4 heterocycles. The molecule has 2 aliphatic heterocycles. The average molecular weight is 593 g/mol. The number of thioether (sulfide) groups is 2. The van der Waals surface area contributed by atoms with Crippen LogP contribution < -0.4 is 11.1 Å². The molecule has 0 spiro atoms. The maximum atomic E-state index is 12.6. The lowest BCUT2D eigenvalue weighted by molar-refractivity contribution is 0.0844. The van der Waals surface area contributed by atoms with Gasteiger partial charge in [0.2, 0.25) is 0 Å². The van der Waals surface area contributed by atoms with Crippen LogP contribution in [0, 0.1) is 10.8 Å². The van der Waals surface area contributed by atoms with E-state index in [2.05, 4.69) is 0 Å². The fourth-order valence-corrected chi connectivity index (χ4v) is 7.83. The zero-order valence-electron chi connectivity index (χ0n) is 24.1. The van der Waals surface area contributed by atoms with Gasteiger partial charge in [-0.1, -0.05) is 27.7 Å². The van der Waals surface area contributed by atoms with Gasteiger partial charge in [0.25, 0.3) is 11.1 Å². The summed E-state index contributed by atoms with van der Waals surface area (Å²) in [6.07, 6.45) is 3.77. The highest BCUT2D eigenvalue weighted by Crippen LogP contribution is 2.38. The Bertz CT molecular complexity index is 1230. The van der Waals surface area contributed by atoms with Gasteiger partial charge < -0.3 is 20.4 Å². The molecule has 10 heteroatoms. The lowest BCUT2D eigenvalue weighted by Crippen LogP contribution is -2.30. The summed E-state index contributed by atoms with van der Waals surface area (Å²) in [6, 6.07) is 3.23. The number of aliphatic hydroxyl groups is 2. The number of pyridine rings is 2. The van der Waals surface area contributed by atoms with Gasteiger partial charge in [0, 0.05) is 57.6 Å². The lowest BCUT2D eigenvalue weighted by Gasteiger charge is -2.28. The summed E-state index contributed by atoms with van der Waals surface area (Å²) in [4.78, 5) is 26.9. The van der Waals surface area contributed by atoms with Crippen molar-refractivity contribution in [3.63, 3.8) is 0 Å². The van der Waals surface area contributed by atoms with E-state index in [-0.39, 0.29) is 33.7 Å². The molecule has 4 N–H and O–H groups in total. The number of nitrogens with zero attached hydrogens (tertiary/aromatic N) is 2. The van der Waals surface area contributed by atoms with E-state index in [1.807, 2.05) is 27.7 Å². The Morgan fingerprint density at radius 1 is 0.725 bits per heavy atom. The molecule has 0 aliphatic carbocycles. The van der Waals surface area contributed by atoms with Crippen molar-refractivity contribution in [2.24, 2.45) is 10.8 Å². The summed E-state index contributed by atoms with van der Waals surface area (Å²) in [6.45, 7) is 8.89. The average Bonchev–Trinajstić information content (AvgIpc) is 3.55. The number of aliphatic hydroxyl groups excluding tert-OH is 2. The van der Waals surface area contributed by atoms with Crippen LogP contribution in [0.2, 0.25) is 0 Å². The van der Waals surface area contributed by atoms with Gasteiger partial charge in [-0.05, 0) is 62.2 Å². The van der Waals surface area contributed by atoms with Crippen LogP contribution in [0.3, 0.4) is 0 Å². The highest BCUT2D eigenvalue weighted by atomic mass is 32.2. The van der Waals surface area contributed by atoms with Crippen molar-refractivity contribution in [1.82, 2.24) is 9.13 Å². The molecule has 0 saturated heterocycles. The Morgan fingerprint density at radius 3 is 1.48 bits per heavy atom. The monoisotopic (exact) mass is 592 g/mol. The van der Waals surface area contributed by atoms with Crippen LogP contribution >= 0.6 is 23.5 Å². The quantitative estimate of drug-likeness (QED) is 0.267. The second kappa shape index (κ2) is 12.5. The van der Waals surface area contributed by atoms with E-state index < -0.39 is 12.2 Å². The third kappa shape index (κ3) is 7.49. The maximum Gasteiger partial charge on any atom is 0.254 e. The van der Waals surface area contributed by atoms with Crippen molar-refractivity contribution in [2.75, 3.05) is 11.5 Å². The summed E-state index contributed by atoms with van der Waals surface area (Å²) < 4.78 is 2.91. The Labute approximate surface area is 244 Å². The molecule has 0 fully saturated rings. The van der Waals surface area contributed by atoms with E-state index in [1.165, 1.54) is 9.13 Å². The van der Waals surface area contributed by atoms with Crippen LogP contribution in [0.4, 0.5) is 0 Å². The molecule has 0 aromatic carbocycles. The Hall–Kier alpha value is -1.88. The molecule has 0 radical (unpaired) electrons. The minimum absolute atomic E-state index is 0.0717. The third-order valence-corrected chi connectivity index (χ3v) is 10.4. The van der Waals surface area contributed by atoms with Gasteiger partial charge in [-0.15, -0.1) is 23.5 Å². The first-order valence-corrected chi connectivity index (χ1v) is 16.3. The predicted octanol–water partition coefficient (Wildman–Crippen LogP) is 4.53. The number of fused-ring (bicyclic) bond motifs is 2. The van der Waals surface area contributed by atoms with Crippen LogP contribution in [0.25, 0.3) is 0 Å². The van der Waals surface area contributed by atoms with Crippen molar-refractivity contribution >= 4 is 23.5 Å². The number of aromatic nitrogens is 2. The first-order valence-electron chi connectivity index (χ1n) is 14.3. The molecule has 0 amide bonds. The summed E-state index contributed by atoms with van der Waals surface area (Å²) in [5.74, 6) is 1.90. The molecule has 4 rings (SSSR count). The van der Waals surface area contributed by atoms with Crippen molar-refractivity contribution in [3.8, 4) is 11.8 Å². The molecular weight excluding hydrogens is 548 g/mol. The highest BCUT2D eigenvalue weighted by Gasteiger charge is 2.28. The Balaban J connectivity index is 1.22.